The maximum atomic E-state index is 12.9. The highest BCUT2D eigenvalue weighted by Gasteiger charge is 2.25. The number of carboxylic acid groups (broad SMARTS) is 1. The second-order valence-electron chi connectivity index (χ2n) is 4.84. The highest BCUT2D eigenvalue weighted by atomic mass is 32.2. The number of aromatic hydroxyl groups is 1. The van der Waals surface area contributed by atoms with Crippen LogP contribution in [0.2, 0.25) is 0 Å². The zero-order chi connectivity index (χ0) is 17.0. The topological polar surface area (TPSA) is 104 Å². The van der Waals surface area contributed by atoms with Gasteiger partial charge >= 0.3 is 5.97 Å². The van der Waals surface area contributed by atoms with Gasteiger partial charge in [-0.05, 0) is 48.4 Å². The summed E-state index contributed by atoms with van der Waals surface area (Å²) in [5.74, 6) is -1.92. The Bertz CT molecular complexity index is 788. The Hall–Kier alpha value is -2.45. The number of phenolic OH excluding ortho intramolecular Hbond substituents is 1. The van der Waals surface area contributed by atoms with Gasteiger partial charge < -0.3 is 10.2 Å². The summed E-state index contributed by atoms with van der Waals surface area (Å²) in [5, 5.41) is 18.4. The van der Waals surface area contributed by atoms with E-state index in [9.17, 15) is 27.8 Å². The molecule has 1 atom stereocenters. The minimum absolute atomic E-state index is 0.0208. The average molecular weight is 339 g/mol. The van der Waals surface area contributed by atoms with Crippen molar-refractivity contribution in [1.29, 1.82) is 0 Å². The quantitative estimate of drug-likeness (QED) is 0.740. The molecule has 0 fully saturated rings. The van der Waals surface area contributed by atoms with Gasteiger partial charge in [0.2, 0.25) is 10.0 Å². The van der Waals surface area contributed by atoms with Crippen molar-refractivity contribution in [3.8, 4) is 5.75 Å². The molecule has 2 aromatic rings. The molecule has 122 valence electrons. The Kier molecular flexibility index (Phi) is 4.97. The van der Waals surface area contributed by atoms with E-state index in [0.717, 1.165) is 24.3 Å². The molecule has 0 aromatic heterocycles. The van der Waals surface area contributed by atoms with Gasteiger partial charge in [-0.15, -0.1) is 0 Å². The minimum Gasteiger partial charge on any atom is -0.508 e. The Morgan fingerprint density at radius 3 is 2.17 bits per heavy atom. The number of nitrogens with one attached hydrogen (secondary N) is 1. The molecule has 23 heavy (non-hydrogen) atoms. The minimum atomic E-state index is -4.10. The van der Waals surface area contributed by atoms with Gasteiger partial charge in [0, 0.05) is 0 Å². The lowest BCUT2D eigenvalue weighted by Gasteiger charge is -2.15. The van der Waals surface area contributed by atoms with Crippen LogP contribution in [0.5, 0.6) is 5.75 Å². The molecule has 0 aliphatic heterocycles. The molecule has 2 rings (SSSR count). The normalized spacial score (nSPS) is 12.7. The predicted molar refractivity (Wildman–Crippen MR) is 80.0 cm³/mol. The molecule has 0 saturated carbocycles. The first-order valence-electron chi connectivity index (χ1n) is 6.56. The highest BCUT2D eigenvalue weighted by Crippen LogP contribution is 2.14. The van der Waals surface area contributed by atoms with Gasteiger partial charge in [-0.2, -0.15) is 4.72 Å². The average Bonchev–Trinajstić information content (AvgIpc) is 2.49. The number of carbonyl (C=O) groups is 1. The summed E-state index contributed by atoms with van der Waals surface area (Å²) in [6.07, 6.45) is -0.101. The third kappa shape index (κ3) is 4.51. The predicted octanol–water partition coefficient (Wildman–Crippen LogP) is 1.51. The van der Waals surface area contributed by atoms with E-state index >= 15 is 0 Å². The summed E-state index contributed by atoms with van der Waals surface area (Å²) >= 11 is 0. The van der Waals surface area contributed by atoms with Crippen LogP contribution in [0.3, 0.4) is 0 Å². The van der Waals surface area contributed by atoms with E-state index < -0.39 is 27.9 Å². The standard InChI is InChI=1S/C15H14FNO5S/c16-11-3-7-13(8-4-11)23(21,22)17-14(15(19)20)9-10-1-5-12(18)6-2-10/h1-8,14,17-18H,9H2,(H,19,20). The van der Waals surface area contributed by atoms with Gasteiger partial charge in [-0.25, -0.2) is 12.8 Å². The van der Waals surface area contributed by atoms with Crippen molar-refractivity contribution >= 4 is 16.0 Å². The summed E-state index contributed by atoms with van der Waals surface area (Å²) in [4.78, 5) is 11.1. The van der Waals surface area contributed by atoms with Crippen molar-refractivity contribution in [2.24, 2.45) is 0 Å². The number of halogens is 1. The lowest BCUT2D eigenvalue weighted by atomic mass is 10.1. The SMILES string of the molecule is O=C(O)C(Cc1ccc(O)cc1)NS(=O)(=O)c1ccc(F)cc1. The zero-order valence-electron chi connectivity index (χ0n) is 11.8. The van der Waals surface area contributed by atoms with Gasteiger partial charge in [0.25, 0.3) is 0 Å². The number of rotatable bonds is 6. The van der Waals surface area contributed by atoms with E-state index in [4.69, 9.17) is 0 Å². The first-order chi connectivity index (χ1) is 10.8. The Balaban J connectivity index is 2.20. The molecular formula is C15H14FNO5S. The third-order valence-corrected chi connectivity index (χ3v) is 4.58. The van der Waals surface area contributed by atoms with Crippen LogP contribution in [0.25, 0.3) is 0 Å². The lowest BCUT2D eigenvalue weighted by molar-refractivity contribution is -0.138. The van der Waals surface area contributed by atoms with Crippen LogP contribution in [0.15, 0.2) is 53.4 Å². The van der Waals surface area contributed by atoms with E-state index in [0.29, 0.717) is 5.56 Å². The molecule has 0 radical (unpaired) electrons. The van der Waals surface area contributed by atoms with Crippen molar-refractivity contribution in [3.63, 3.8) is 0 Å². The molecule has 0 amide bonds. The number of benzene rings is 2. The summed E-state index contributed by atoms with van der Waals surface area (Å²) in [7, 11) is -4.10. The zero-order valence-corrected chi connectivity index (χ0v) is 12.6. The van der Waals surface area contributed by atoms with Crippen molar-refractivity contribution in [2.45, 2.75) is 17.4 Å². The van der Waals surface area contributed by atoms with Crippen LogP contribution in [0.1, 0.15) is 5.56 Å². The second-order valence-corrected chi connectivity index (χ2v) is 6.55. The van der Waals surface area contributed by atoms with Crippen LogP contribution in [-0.4, -0.2) is 30.6 Å². The van der Waals surface area contributed by atoms with E-state index in [-0.39, 0.29) is 17.1 Å². The van der Waals surface area contributed by atoms with Crippen LogP contribution < -0.4 is 4.72 Å². The maximum absolute atomic E-state index is 12.9. The Morgan fingerprint density at radius 1 is 1.09 bits per heavy atom. The largest absolute Gasteiger partial charge is 0.508 e. The third-order valence-electron chi connectivity index (χ3n) is 3.10. The lowest BCUT2D eigenvalue weighted by Crippen LogP contribution is -2.42. The smallest absolute Gasteiger partial charge is 0.322 e. The fourth-order valence-corrected chi connectivity index (χ4v) is 3.11. The monoisotopic (exact) mass is 339 g/mol. The molecule has 1 unspecified atom stereocenters. The van der Waals surface area contributed by atoms with E-state index in [1.54, 1.807) is 0 Å². The molecule has 0 saturated heterocycles. The molecule has 3 N–H and O–H groups in total. The summed E-state index contributed by atoms with van der Waals surface area (Å²) in [6.45, 7) is 0. The van der Waals surface area contributed by atoms with E-state index in [1.165, 1.54) is 24.3 Å². The van der Waals surface area contributed by atoms with Gasteiger partial charge in [-0.1, -0.05) is 12.1 Å². The van der Waals surface area contributed by atoms with E-state index in [2.05, 4.69) is 4.72 Å². The molecule has 0 aliphatic carbocycles. The molecule has 0 spiro atoms. The highest BCUT2D eigenvalue weighted by molar-refractivity contribution is 7.89. The van der Waals surface area contributed by atoms with Crippen LogP contribution in [0, 0.1) is 5.82 Å². The summed E-state index contributed by atoms with van der Waals surface area (Å²) < 4.78 is 39.3. The fourth-order valence-electron chi connectivity index (χ4n) is 1.92. The molecule has 0 bridgehead atoms. The van der Waals surface area contributed by atoms with Gasteiger partial charge in [0.05, 0.1) is 4.90 Å². The number of phenols is 1. The van der Waals surface area contributed by atoms with Crippen molar-refractivity contribution in [2.75, 3.05) is 0 Å². The number of hydrogen-bond acceptors (Lipinski definition) is 4. The van der Waals surface area contributed by atoms with E-state index in [1.807, 2.05) is 0 Å². The van der Waals surface area contributed by atoms with Crippen molar-refractivity contribution < 1.29 is 27.8 Å². The molecule has 6 nitrogen and oxygen atoms in total. The van der Waals surface area contributed by atoms with Gasteiger partial charge in [0.15, 0.2) is 0 Å². The second kappa shape index (κ2) is 6.76. The van der Waals surface area contributed by atoms with Crippen LogP contribution >= 0.6 is 0 Å². The molecule has 2 aromatic carbocycles. The van der Waals surface area contributed by atoms with Gasteiger partial charge in [0.1, 0.15) is 17.6 Å². The molecule has 0 heterocycles. The van der Waals surface area contributed by atoms with Gasteiger partial charge in [-0.3, -0.25) is 4.79 Å². The number of sulfonamides is 1. The number of aliphatic carboxylic acids is 1. The van der Waals surface area contributed by atoms with Crippen LogP contribution in [0.4, 0.5) is 4.39 Å². The number of carboxylic acids is 1. The first-order valence-corrected chi connectivity index (χ1v) is 8.05. The Labute approximate surface area is 132 Å². The summed E-state index contributed by atoms with van der Waals surface area (Å²) in [6, 6.07) is 8.41. The fraction of sp³-hybridized carbons (Fsp3) is 0.133. The maximum Gasteiger partial charge on any atom is 0.322 e. The van der Waals surface area contributed by atoms with Crippen molar-refractivity contribution in [3.05, 3.63) is 59.9 Å². The molecule has 8 heteroatoms. The summed E-state index contributed by atoms with van der Waals surface area (Å²) in [5.41, 5.74) is 0.539. The first kappa shape index (κ1) is 16.9. The Morgan fingerprint density at radius 2 is 1.65 bits per heavy atom. The van der Waals surface area contributed by atoms with Crippen LogP contribution in [-0.2, 0) is 21.2 Å². The molecular weight excluding hydrogens is 325 g/mol. The molecule has 0 aliphatic rings. The number of hydrogen-bond donors (Lipinski definition) is 3. The van der Waals surface area contributed by atoms with Crippen molar-refractivity contribution in [1.82, 2.24) is 4.72 Å².